The van der Waals surface area contributed by atoms with E-state index in [1.54, 1.807) is 0 Å². The molecule has 1 rings (SSSR count). The first-order valence-electron chi connectivity index (χ1n) is 6.50. The number of carbonyl (C=O) groups excluding carboxylic acids is 2. The second-order valence-corrected chi connectivity index (χ2v) is 4.36. The highest BCUT2D eigenvalue weighted by Gasteiger charge is 2.13. The molecule has 0 spiro atoms. The van der Waals surface area contributed by atoms with E-state index in [-0.39, 0.29) is 25.2 Å². The number of ether oxygens (including phenoxy) is 3. The van der Waals surface area contributed by atoms with E-state index in [4.69, 9.17) is 14.2 Å². The van der Waals surface area contributed by atoms with E-state index in [1.807, 2.05) is 30.3 Å². The Bertz CT molecular complexity index is 416. The lowest BCUT2D eigenvalue weighted by atomic mass is 10.2. The molecule has 20 heavy (non-hydrogen) atoms. The fraction of sp³-hybridized carbons (Fsp3) is 0.467. The largest absolute Gasteiger partial charge is 0.466 e. The van der Waals surface area contributed by atoms with Crippen molar-refractivity contribution in [2.75, 3.05) is 13.2 Å². The van der Waals surface area contributed by atoms with Crippen molar-refractivity contribution in [3.8, 4) is 0 Å². The maximum absolute atomic E-state index is 11.0. The number of rotatable bonds is 8. The zero-order valence-corrected chi connectivity index (χ0v) is 11.8. The van der Waals surface area contributed by atoms with Gasteiger partial charge in [-0.2, -0.15) is 0 Å². The highest BCUT2D eigenvalue weighted by Crippen LogP contribution is 2.05. The molecule has 0 saturated carbocycles. The van der Waals surface area contributed by atoms with Crippen LogP contribution in [0.4, 0.5) is 0 Å². The van der Waals surface area contributed by atoms with Gasteiger partial charge in [0.2, 0.25) is 0 Å². The summed E-state index contributed by atoms with van der Waals surface area (Å²) in [6.07, 6.45) is 0.0177. The number of hydrogen-bond acceptors (Lipinski definition) is 5. The number of esters is 2. The van der Waals surface area contributed by atoms with Crippen molar-refractivity contribution in [2.24, 2.45) is 0 Å². The van der Waals surface area contributed by atoms with Crippen molar-refractivity contribution in [3.05, 3.63) is 35.9 Å². The van der Waals surface area contributed by atoms with Gasteiger partial charge in [-0.15, -0.1) is 0 Å². The van der Waals surface area contributed by atoms with Crippen molar-refractivity contribution in [3.63, 3.8) is 0 Å². The minimum Gasteiger partial charge on any atom is -0.466 e. The van der Waals surface area contributed by atoms with Gasteiger partial charge in [0.15, 0.2) is 0 Å². The maximum Gasteiger partial charge on any atom is 0.302 e. The molecule has 0 aliphatic rings. The Labute approximate surface area is 118 Å². The zero-order chi connectivity index (χ0) is 14.8. The van der Waals surface area contributed by atoms with Crippen LogP contribution in [0.3, 0.4) is 0 Å². The zero-order valence-electron chi connectivity index (χ0n) is 11.8. The molecular weight excluding hydrogens is 260 g/mol. The van der Waals surface area contributed by atoms with Crippen molar-refractivity contribution >= 4 is 11.9 Å². The molecule has 0 fully saturated rings. The summed E-state index contributed by atoms with van der Waals surface area (Å²) >= 11 is 0. The van der Waals surface area contributed by atoms with E-state index >= 15 is 0 Å². The molecule has 0 bridgehead atoms. The summed E-state index contributed by atoms with van der Waals surface area (Å²) in [6, 6.07) is 9.72. The second kappa shape index (κ2) is 9.09. The third-order valence-corrected chi connectivity index (χ3v) is 2.49. The van der Waals surface area contributed by atoms with E-state index in [1.165, 1.54) is 13.8 Å². The Morgan fingerprint density at radius 1 is 1.10 bits per heavy atom. The van der Waals surface area contributed by atoms with Gasteiger partial charge in [0, 0.05) is 20.3 Å². The Hall–Kier alpha value is -1.88. The van der Waals surface area contributed by atoms with Crippen LogP contribution >= 0.6 is 0 Å². The Balaban J connectivity index is 2.32. The van der Waals surface area contributed by atoms with E-state index in [0.29, 0.717) is 13.0 Å². The smallest absolute Gasteiger partial charge is 0.302 e. The van der Waals surface area contributed by atoms with Crippen LogP contribution in [0.25, 0.3) is 0 Å². The number of benzene rings is 1. The molecule has 0 N–H and O–H groups in total. The van der Waals surface area contributed by atoms with Crippen molar-refractivity contribution in [2.45, 2.75) is 33.0 Å². The number of carbonyl (C=O) groups is 2. The maximum atomic E-state index is 11.0. The normalized spacial score (nSPS) is 11.7. The summed E-state index contributed by atoms with van der Waals surface area (Å²) < 4.78 is 15.5. The topological polar surface area (TPSA) is 61.8 Å². The monoisotopic (exact) mass is 280 g/mol. The molecule has 0 radical (unpaired) electrons. The van der Waals surface area contributed by atoms with E-state index < -0.39 is 6.10 Å². The summed E-state index contributed by atoms with van der Waals surface area (Å²) in [4.78, 5) is 21.7. The number of hydrogen-bond donors (Lipinski definition) is 0. The average Bonchev–Trinajstić information content (AvgIpc) is 2.38. The van der Waals surface area contributed by atoms with E-state index in [0.717, 1.165) is 5.56 Å². The van der Waals surface area contributed by atoms with Crippen molar-refractivity contribution < 1.29 is 23.8 Å². The van der Waals surface area contributed by atoms with Crippen LogP contribution in [-0.2, 0) is 30.4 Å². The molecule has 0 amide bonds. The van der Waals surface area contributed by atoms with Crippen molar-refractivity contribution in [1.29, 1.82) is 0 Å². The third-order valence-electron chi connectivity index (χ3n) is 2.49. The van der Waals surface area contributed by atoms with Gasteiger partial charge >= 0.3 is 11.9 Å². The summed E-state index contributed by atoms with van der Waals surface area (Å²) in [5, 5.41) is 0. The predicted octanol–water partition coefficient (Wildman–Crippen LogP) is 2.09. The molecule has 1 aromatic rings. The molecule has 0 heterocycles. The van der Waals surface area contributed by atoms with Gasteiger partial charge in [0.05, 0.1) is 19.8 Å². The van der Waals surface area contributed by atoms with Crippen molar-refractivity contribution in [1.82, 2.24) is 0 Å². The first-order chi connectivity index (χ1) is 9.58. The van der Waals surface area contributed by atoms with Crippen LogP contribution in [0.5, 0.6) is 0 Å². The molecule has 5 nitrogen and oxygen atoms in total. The lowest BCUT2D eigenvalue weighted by Gasteiger charge is -2.17. The quantitative estimate of drug-likeness (QED) is 0.682. The Morgan fingerprint density at radius 3 is 2.40 bits per heavy atom. The molecule has 0 aliphatic heterocycles. The van der Waals surface area contributed by atoms with Gasteiger partial charge in [0.1, 0.15) is 6.10 Å². The lowest BCUT2D eigenvalue weighted by Crippen LogP contribution is -2.24. The van der Waals surface area contributed by atoms with Crippen LogP contribution in [0, 0.1) is 0 Å². The Kier molecular flexibility index (Phi) is 7.35. The van der Waals surface area contributed by atoms with Gasteiger partial charge in [-0.25, -0.2) is 0 Å². The SMILES string of the molecule is CC(=O)OCC[C@H](COCc1ccccc1)OC(C)=O. The van der Waals surface area contributed by atoms with Gasteiger partial charge in [-0.3, -0.25) is 9.59 Å². The molecule has 1 aromatic carbocycles. The summed E-state index contributed by atoms with van der Waals surface area (Å²) in [6.45, 7) is 3.62. The molecule has 0 saturated heterocycles. The third kappa shape index (κ3) is 7.53. The average molecular weight is 280 g/mol. The minimum absolute atomic E-state index is 0.210. The van der Waals surface area contributed by atoms with Crippen LogP contribution < -0.4 is 0 Å². The molecule has 110 valence electrons. The summed E-state index contributed by atoms with van der Waals surface area (Å²) in [5.41, 5.74) is 1.05. The molecule has 1 atom stereocenters. The van der Waals surface area contributed by atoms with Gasteiger partial charge in [-0.05, 0) is 5.56 Å². The van der Waals surface area contributed by atoms with Crippen LogP contribution in [0.2, 0.25) is 0 Å². The fourth-order valence-electron chi connectivity index (χ4n) is 1.63. The first kappa shape index (κ1) is 16.2. The van der Waals surface area contributed by atoms with Gasteiger partial charge < -0.3 is 14.2 Å². The summed E-state index contributed by atoms with van der Waals surface area (Å²) in [5.74, 6) is -0.724. The van der Waals surface area contributed by atoms with E-state index in [9.17, 15) is 9.59 Å². The highest BCUT2D eigenvalue weighted by molar-refractivity contribution is 5.66. The Morgan fingerprint density at radius 2 is 1.80 bits per heavy atom. The van der Waals surface area contributed by atoms with Crippen LogP contribution in [0.1, 0.15) is 25.8 Å². The second-order valence-electron chi connectivity index (χ2n) is 4.36. The molecule has 5 heteroatoms. The fourth-order valence-corrected chi connectivity index (χ4v) is 1.63. The van der Waals surface area contributed by atoms with Crippen LogP contribution in [0.15, 0.2) is 30.3 Å². The molecule has 0 unspecified atom stereocenters. The molecular formula is C15H20O5. The molecule has 0 aliphatic carbocycles. The first-order valence-corrected chi connectivity index (χ1v) is 6.50. The minimum atomic E-state index is -0.407. The van der Waals surface area contributed by atoms with E-state index in [2.05, 4.69) is 0 Å². The van der Waals surface area contributed by atoms with Crippen LogP contribution in [-0.4, -0.2) is 31.3 Å². The highest BCUT2D eigenvalue weighted by atomic mass is 16.6. The van der Waals surface area contributed by atoms with Gasteiger partial charge in [0.25, 0.3) is 0 Å². The predicted molar refractivity (Wildman–Crippen MR) is 72.9 cm³/mol. The summed E-state index contributed by atoms with van der Waals surface area (Å²) in [7, 11) is 0. The van der Waals surface area contributed by atoms with Gasteiger partial charge in [-0.1, -0.05) is 30.3 Å². The molecule has 0 aromatic heterocycles. The standard InChI is InChI=1S/C15H20O5/c1-12(16)19-9-8-15(20-13(2)17)11-18-10-14-6-4-3-5-7-14/h3-7,15H,8-11H2,1-2H3/t15-/m1/s1. The lowest BCUT2D eigenvalue weighted by molar-refractivity contribution is -0.152.